The summed E-state index contributed by atoms with van der Waals surface area (Å²) in [6.07, 6.45) is 0. The highest BCUT2D eigenvalue weighted by molar-refractivity contribution is 7.89. The molecule has 0 aliphatic heterocycles. The Morgan fingerprint density at radius 1 is 1.08 bits per heavy atom. The van der Waals surface area contributed by atoms with Gasteiger partial charge in [0, 0.05) is 0 Å². The first kappa shape index (κ1) is 16.1. The Morgan fingerprint density at radius 2 is 1.75 bits per heavy atom. The predicted molar refractivity (Wildman–Crippen MR) is 89.0 cm³/mol. The molecule has 124 valence electrons. The smallest absolute Gasteiger partial charge is 0.248 e. The van der Waals surface area contributed by atoms with Crippen molar-refractivity contribution in [3.63, 3.8) is 0 Å². The summed E-state index contributed by atoms with van der Waals surface area (Å²) in [5.74, 6) is 0.490. The zero-order valence-corrected chi connectivity index (χ0v) is 13.7. The first-order valence-corrected chi connectivity index (χ1v) is 8.73. The van der Waals surface area contributed by atoms with Crippen LogP contribution in [-0.2, 0) is 10.0 Å². The van der Waals surface area contributed by atoms with Gasteiger partial charge in [-0.05, 0) is 47.2 Å². The van der Waals surface area contributed by atoms with Crippen molar-refractivity contribution in [3.8, 4) is 5.69 Å². The number of rotatable bonds is 5. The molecule has 0 fully saturated rings. The molecular formula is C15H16N6O2S. The third kappa shape index (κ3) is 3.42. The van der Waals surface area contributed by atoms with E-state index in [4.69, 9.17) is 5.14 Å². The Labute approximate surface area is 139 Å². The summed E-state index contributed by atoms with van der Waals surface area (Å²) in [6.45, 7) is 1.93. The highest BCUT2D eigenvalue weighted by Gasteiger charge is 2.13. The van der Waals surface area contributed by atoms with Crippen LogP contribution in [0.25, 0.3) is 5.69 Å². The normalized spacial score (nSPS) is 12.8. The fourth-order valence-electron chi connectivity index (χ4n) is 2.24. The molecule has 9 heteroatoms. The number of nitrogens with two attached hydrogens (primary N) is 1. The SMILES string of the molecule is C[C@@H](Nc1nnnn1-c1ccccc1)c1ccc(S(N)(=O)=O)cc1. The molecule has 3 aromatic rings. The molecule has 0 unspecified atom stereocenters. The molecule has 1 heterocycles. The summed E-state index contributed by atoms with van der Waals surface area (Å²) in [5.41, 5.74) is 1.71. The van der Waals surface area contributed by atoms with Crippen molar-refractivity contribution >= 4 is 16.0 Å². The lowest BCUT2D eigenvalue weighted by Crippen LogP contribution is -2.14. The van der Waals surface area contributed by atoms with Gasteiger partial charge in [0.1, 0.15) is 0 Å². The highest BCUT2D eigenvalue weighted by Crippen LogP contribution is 2.20. The molecular weight excluding hydrogens is 328 g/mol. The number of anilines is 1. The monoisotopic (exact) mass is 344 g/mol. The summed E-state index contributed by atoms with van der Waals surface area (Å²) >= 11 is 0. The van der Waals surface area contributed by atoms with Gasteiger partial charge in [0.2, 0.25) is 16.0 Å². The van der Waals surface area contributed by atoms with Gasteiger partial charge in [-0.15, -0.1) is 0 Å². The Bertz CT molecular complexity index is 922. The molecule has 0 saturated carbocycles. The van der Waals surface area contributed by atoms with E-state index in [1.807, 2.05) is 37.3 Å². The lowest BCUT2D eigenvalue weighted by molar-refractivity contribution is 0.597. The van der Waals surface area contributed by atoms with Crippen molar-refractivity contribution in [1.29, 1.82) is 0 Å². The minimum atomic E-state index is -3.69. The first-order chi connectivity index (χ1) is 11.4. The number of hydrogen-bond acceptors (Lipinski definition) is 6. The molecule has 3 rings (SSSR count). The van der Waals surface area contributed by atoms with Crippen molar-refractivity contribution in [1.82, 2.24) is 20.2 Å². The molecule has 0 amide bonds. The Kier molecular flexibility index (Phi) is 4.28. The number of para-hydroxylation sites is 1. The largest absolute Gasteiger partial charge is 0.346 e. The average Bonchev–Trinajstić information content (AvgIpc) is 3.03. The third-order valence-electron chi connectivity index (χ3n) is 3.52. The van der Waals surface area contributed by atoms with Crippen LogP contribution in [0.15, 0.2) is 59.5 Å². The van der Waals surface area contributed by atoms with Gasteiger partial charge < -0.3 is 5.32 Å². The fourth-order valence-corrected chi connectivity index (χ4v) is 2.76. The van der Waals surface area contributed by atoms with Crippen LogP contribution in [0, 0.1) is 0 Å². The molecule has 0 spiro atoms. The van der Waals surface area contributed by atoms with Crippen molar-refractivity contribution in [2.75, 3.05) is 5.32 Å². The molecule has 24 heavy (non-hydrogen) atoms. The minimum absolute atomic E-state index is 0.0765. The van der Waals surface area contributed by atoms with Crippen LogP contribution in [0.5, 0.6) is 0 Å². The molecule has 0 aliphatic carbocycles. The second kappa shape index (κ2) is 6.38. The molecule has 0 aliphatic rings. The third-order valence-corrected chi connectivity index (χ3v) is 4.45. The maximum atomic E-state index is 11.3. The number of sulfonamides is 1. The van der Waals surface area contributed by atoms with E-state index in [9.17, 15) is 8.42 Å². The van der Waals surface area contributed by atoms with E-state index >= 15 is 0 Å². The van der Waals surface area contributed by atoms with Crippen LogP contribution >= 0.6 is 0 Å². The standard InChI is InChI=1S/C15H16N6O2S/c1-11(12-7-9-14(10-8-12)24(16,22)23)17-15-18-19-20-21(15)13-5-3-2-4-6-13/h2-11H,1H3,(H2,16,22,23)(H,17,18,20)/t11-/m1/s1. The Morgan fingerprint density at radius 3 is 2.38 bits per heavy atom. The molecule has 0 saturated heterocycles. The van der Waals surface area contributed by atoms with Crippen LogP contribution in [0.4, 0.5) is 5.95 Å². The number of nitrogens with zero attached hydrogens (tertiary/aromatic N) is 4. The summed E-state index contributed by atoms with van der Waals surface area (Å²) < 4.78 is 24.2. The van der Waals surface area contributed by atoms with Crippen LogP contribution in [0.1, 0.15) is 18.5 Å². The molecule has 1 atom stereocenters. The Balaban J connectivity index is 1.81. The summed E-state index contributed by atoms with van der Waals surface area (Å²) in [4.78, 5) is 0.0765. The van der Waals surface area contributed by atoms with E-state index in [1.165, 1.54) is 12.1 Å². The zero-order valence-electron chi connectivity index (χ0n) is 12.9. The maximum absolute atomic E-state index is 11.3. The number of primary sulfonamides is 1. The number of aromatic nitrogens is 4. The van der Waals surface area contributed by atoms with E-state index < -0.39 is 10.0 Å². The second-order valence-electron chi connectivity index (χ2n) is 5.23. The van der Waals surface area contributed by atoms with Crippen molar-refractivity contribution in [3.05, 3.63) is 60.2 Å². The quantitative estimate of drug-likeness (QED) is 0.724. The second-order valence-corrected chi connectivity index (χ2v) is 6.79. The van der Waals surface area contributed by atoms with E-state index in [2.05, 4.69) is 20.8 Å². The number of tetrazole rings is 1. The fraction of sp³-hybridized carbons (Fsp3) is 0.133. The molecule has 8 nitrogen and oxygen atoms in total. The molecule has 0 bridgehead atoms. The first-order valence-electron chi connectivity index (χ1n) is 7.18. The van der Waals surface area contributed by atoms with Gasteiger partial charge in [0.15, 0.2) is 0 Å². The summed E-state index contributed by atoms with van der Waals surface area (Å²) in [6, 6.07) is 15.7. The van der Waals surface area contributed by atoms with Gasteiger partial charge >= 0.3 is 0 Å². The molecule has 0 radical (unpaired) electrons. The van der Waals surface area contributed by atoms with E-state index in [0.29, 0.717) is 5.95 Å². The van der Waals surface area contributed by atoms with Crippen molar-refractivity contribution in [2.24, 2.45) is 5.14 Å². The molecule has 1 aromatic heterocycles. The number of hydrogen-bond donors (Lipinski definition) is 2. The van der Waals surface area contributed by atoms with E-state index in [0.717, 1.165) is 11.3 Å². The van der Waals surface area contributed by atoms with Crippen LogP contribution in [0.3, 0.4) is 0 Å². The topological polar surface area (TPSA) is 116 Å². The minimum Gasteiger partial charge on any atom is -0.346 e. The van der Waals surface area contributed by atoms with E-state index in [-0.39, 0.29) is 10.9 Å². The molecule has 3 N–H and O–H groups in total. The van der Waals surface area contributed by atoms with Crippen molar-refractivity contribution < 1.29 is 8.42 Å². The summed E-state index contributed by atoms with van der Waals surface area (Å²) in [5, 5.41) is 20.0. The van der Waals surface area contributed by atoms with Crippen LogP contribution < -0.4 is 10.5 Å². The summed E-state index contributed by atoms with van der Waals surface area (Å²) in [7, 11) is -3.69. The zero-order chi connectivity index (χ0) is 17.2. The lowest BCUT2D eigenvalue weighted by atomic mass is 10.1. The average molecular weight is 344 g/mol. The van der Waals surface area contributed by atoms with E-state index in [1.54, 1.807) is 16.8 Å². The van der Waals surface area contributed by atoms with Gasteiger partial charge in [-0.2, -0.15) is 4.68 Å². The number of nitrogens with one attached hydrogen (secondary N) is 1. The van der Waals surface area contributed by atoms with Crippen LogP contribution in [0.2, 0.25) is 0 Å². The van der Waals surface area contributed by atoms with Gasteiger partial charge in [0.25, 0.3) is 0 Å². The van der Waals surface area contributed by atoms with Crippen molar-refractivity contribution in [2.45, 2.75) is 17.9 Å². The maximum Gasteiger partial charge on any atom is 0.248 e. The lowest BCUT2D eigenvalue weighted by Gasteiger charge is -2.15. The van der Waals surface area contributed by atoms with Crippen LogP contribution in [-0.4, -0.2) is 28.6 Å². The molecule has 2 aromatic carbocycles. The predicted octanol–water partition coefficient (Wildman–Crippen LogP) is 1.48. The van der Waals surface area contributed by atoms with Gasteiger partial charge in [0.05, 0.1) is 16.6 Å². The van der Waals surface area contributed by atoms with Gasteiger partial charge in [-0.25, -0.2) is 13.6 Å². The van der Waals surface area contributed by atoms with Gasteiger partial charge in [-0.1, -0.05) is 35.4 Å². The number of benzene rings is 2. The Hall–Kier alpha value is -2.78. The van der Waals surface area contributed by atoms with Gasteiger partial charge in [-0.3, -0.25) is 0 Å². The highest BCUT2D eigenvalue weighted by atomic mass is 32.2.